The number of hydrogen-bond acceptors (Lipinski definition) is 3. The third-order valence-electron chi connectivity index (χ3n) is 2.62. The van der Waals surface area contributed by atoms with Gasteiger partial charge in [-0.3, -0.25) is 4.79 Å². The Hall–Kier alpha value is -1.35. The Morgan fingerprint density at radius 2 is 2.00 bits per heavy atom. The summed E-state index contributed by atoms with van der Waals surface area (Å²) in [5, 5.41) is 8.99. The highest BCUT2D eigenvalue weighted by Gasteiger charge is 2.13. The maximum absolute atomic E-state index is 11.8. The zero-order chi connectivity index (χ0) is 12.0. The molecule has 0 aliphatic heterocycles. The number of Topliss-reactive ketones (excluding diaryl/α,β-unsaturated/α-hetero) is 1. The molecule has 0 spiro atoms. The molecule has 0 aliphatic carbocycles. The van der Waals surface area contributed by atoms with Crippen LogP contribution in [0.4, 0.5) is 5.69 Å². The lowest BCUT2D eigenvalue weighted by Gasteiger charge is -2.24. The first kappa shape index (κ1) is 12.7. The van der Waals surface area contributed by atoms with Gasteiger partial charge in [0.15, 0.2) is 5.78 Å². The van der Waals surface area contributed by atoms with Crippen molar-refractivity contribution < 1.29 is 9.90 Å². The summed E-state index contributed by atoms with van der Waals surface area (Å²) in [4.78, 5) is 13.8. The van der Waals surface area contributed by atoms with E-state index in [1.165, 1.54) is 0 Å². The van der Waals surface area contributed by atoms with E-state index in [9.17, 15) is 4.79 Å². The van der Waals surface area contributed by atoms with Crippen molar-refractivity contribution in [1.82, 2.24) is 0 Å². The molecule has 1 rings (SSSR count). The second-order valence-corrected chi connectivity index (χ2v) is 3.60. The van der Waals surface area contributed by atoms with E-state index < -0.39 is 0 Å². The first-order valence-electron chi connectivity index (χ1n) is 5.72. The van der Waals surface area contributed by atoms with Crippen LogP contribution in [0.25, 0.3) is 0 Å². The average Bonchev–Trinajstić information content (AvgIpc) is 2.35. The second-order valence-electron chi connectivity index (χ2n) is 3.60. The van der Waals surface area contributed by atoms with E-state index in [2.05, 4.69) is 0 Å². The molecule has 0 bridgehead atoms. The molecule has 3 nitrogen and oxygen atoms in total. The smallest absolute Gasteiger partial charge is 0.164 e. The van der Waals surface area contributed by atoms with Gasteiger partial charge in [0.1, 0.15) is 0 Å². The molecule has 0 heterocycles. The number of benzene rings is 1. The van der Waals surface area contributed by atoms with Crippen LogP contribution < -0.4 is 4.90 Å². The van der Waals surface area contributed by atoms with Gasteiger partial charge in [-0.2, -0.15) is 0 Å². The van der Waals surface area contributed by atoms with Gasteiger partial charge < -0.3 is 10.0 Å². The van der Waals surface area contributed by atoms with Gasteiger partial charge in [-0.1, -0.05) is 19.1 Å². The number of nitrogens with zero attached hydrogens (tertiary/aromatic N) is 1. The largest absolute Gasteiger partial charge is 0.395 e. The fraction of sp³-hybridized carbons (Fsp3) is 0.462. The van der Waals surface area contributed by atoms with Gasteiger partial charge in [0.25, 0.3) is 0 Å². The van der Waals surface area contributed by atoms with Crippen LogP contribution in [0, 0.1) is 0 Å². The Morgan fingerprint density at radius 3 is 2.56 bits per heavy atom. The highest BCUT2D eigenvalue weighted by molar-refractivity contribution is 6.01. The number of carbonyl (C=O) groups is 1. The number of anilines is 1. The van der Waals surface area contributed by atoms with Gasteiger partial charge in [0.05, 0.1) is 6.61 Å². The molecule has 0 saturated carbocycles. The van der Waals surface area contributed by atoms with Crippen molar-refractivity contribution in [2.75, 3.05) is 24.6 Å². The highest BCUT2D eigenvalue weighted by Crippen LogP contribution is 2.21. The minimum Gasteiger partial charge on any atom is -0.395 e. The predicted octanol–water partition coefficient (Wildman–Crippen LogP) is 2.10. The Morgan fingerprint density at radius 1 is 1.31 bits per heavy atom. The third-order valence-corrected chi connectivity index (χ3v) is 2.62. The minimum absolute atomic E-state index is 0.0997. The predicted molar refractivity (Wildman–Crippen MR) is 66.0 cm³/mol. The monoisotopic (exact) mass is 221 g/mol. The SMILES string of the molecule is CCC(=O)c1ccccc1N(CC)CCO. The number of aliphatic hydroxyl groups is 1. The molecule has 0 amide bonds. The molecule has 16 heavy (non-hydrogen) atoms. The molecule has 3 heteroatoms. The molecule has 0 saturated heterocycles. The maximum Gasteiger partial charge on any atom is 0.164 e. The number of carbonyl (C=O) groups excluding carboxylic acids is 1. The summed E-state index contributed by atoms with van der Waals surface area (Å²) >= 11 is 0. The van der Waals surface area contributed by atoms with E-state index in [0.717, 1.165) is 17.8 Å². The molecule has 0 fully saturated rings. The van der Waals surface area contributed by atoms with Crippen molar-refractivity contribution in [2.24, 2.45) is 0 Å². The summed E-state index contributed by atoms with van der Waals surface area (Å²) in [6.45, 7) is 5.33. The van der Waals surface area contributed by atoms with E-state index in [1.807, 2.05) is 43.0 Å². The number of rotatable bonds is 6. The van der Waals surface area contributed by atoms with Crippen molar-refractivity contribution in [3.05, 3.63) is 29.8 Å². The fourth-order valence-corrected chi connectivity index (χ4v) is 1.75. The first-order chi connectivity index (χ1) is 7.74. The van der Waals surface area contributed by atoms with Crippen LogP contribution in [0.15, 0.2) is 24.3 Å². The maximum atomic E-state index is 11.8. The fourth-order valence-electron chi connectivity index (χ4n) is 1.75. The van der Waals surface area contributed by atoms with Crippen LogP contribution in [0.2, 0.25) is 0 Å². The summed E-state index contributed by atoms with van der Waals surface area (Å²) < 4.78 is 0. The van der Waals surface area contributed by atoms with Crippen LogP contribution in [-0.2, 0) is 0 Å². The van der Waals surface area contributed by atoms with Gasteiger partial charge in [-0.05, 0) is 19.1 Å². The lowest BCUT2D eigenvalue weighted by Crippen LogP contribution is -2.27. The number of aliphatic hydroxyl groups excluding tert-OH is 1. The Bertz CT molecular complexity index is 350. The Labute approximate surface area is 96.7 Å². The highest BCUT2D eigenvalue weighted by atomic mass is 16.3. The number of ketones is 1. The van der Waals surface area contributed by atoms with E-state index >= 15 is 0 Å². The zero-order valence-corrected chi connectivity index (χ0v) is 9.94. The summed E-state index contributed by atoms with van der Waals surface area (Å²) in [5.74, 6) is 0.145. The van der Waals surface area contributed by atoms with Crippen LogP contribution in [0.1, 0.15) is 30.6 Å². The molecule has 1 aromatic carbocycles. The third kappa shape index (κ3) is 2.83. The zero-order valence-electron chi connectivity index (χ0n) is 9.94. The summed E-state index contributed by atoms with van der Waals surface area (Å²) in [7, 11) is 0. The topological polar surface area (TPSA) is 40.5 Å². The lowest BCUT2D eigenvalue weighted by molar-refractivity contribution is 0.0988. The molecule has 0 radical (unpaired) electrons. The molecular formula is C13H19NO2. The van der Waals surface area contributed by atoms with Crippen LogP contribution in [0.5, 0.6) is 0 Å². The van der Waals surface area contributed by atoms with Gasteiger partial charge in [0.2, 0.25) is 0 Å². The molecule has 88 valence electrons. The summed E-state index contributed by atoms with van der Waals surface area (Å²) in [5.41, 5.74) is 1.67. The summed E-state index contributed by atoms with van der Waals surface area (Å²) in [6.07, 6.45) is 0.508. The Balaban J connectivity index is 3.05. The minimum atomic E-state index is 0.0997. The molecule has 1 N–H and O–H groups in total. The Kier molecular flexibility index (Phi) is 4.99. The number of likely N-dealkylation sites (N-methyl/N-ethyl adjacent to an activating group) is 1. The van der Waals surface area contributed by atoms with E-state index in [1.54, 1.807) is 0 Å². The van der Waals surface area contributed by atoms with Crippen LogP contribution in [-0.4, -0.2) is 30.6 Å². The summed E-state index contributed by atoms with van der Waals surface area (Å²) in [6, 6.07) is 7.57. The van der Waals surface area contributed by atoms with Crippen LogP contribution >= 0.6 is 0 Å². The quantitative estimate of drug-likeness (QED) is 0.748. The normalized spacial score (nSPS) is 10.2. The number of hydrogen-bond donors (Lipinski definition) is 1. The molecular weight excluding hydrogens is 202 g/mol. The standard InChI is InChI=1S/C13H19NO2/c1-3-13(16)11-7-5-6-8-12(11)14(4-2)9-10-15/h5-8,15H,3-4,9-10H2,1-2H3. The van der Waals surface area contributed by atoms with E-state index in [-0.39, 0.29) is 12.4 Å². The first-order valence-corrected chi connectivity index (χ1v) is 5.72. The molecule has 0 unspecified atom stereocenters. The molecule has 0 atom stereocenters. The molecule has 1 aromatic rings. The van der Waals surface area contributed by atoms with Crippen molar-refractivity contribution >= 4 is 11.5 Å². The van der Waals surface area contributed by atoms with Gasteiger partial charge in [-0.15, -0.1) is 0 Å². The number of para-hydroxylation sites is 1. The van der Waals surface area contributed by atoms with Crippen molar-refractivity contribution in [3.63, 3.8) is 0 Å². The lowest BCUT2D eigenvalue weighted by atomic mass is 10.1. The molecule has 0 aliphatic rings. The van der Waals surface area contributed by atoms with Crippen molar-refractivity contribution in [3.8, 4) is 0 Å². The van der Waals surface area contributed by atoms with Crippen LogP contribution in [0.3, 0.4) is 0 Å². The van der Waals surface area contributed by atoms with E-state index in [4.69, 9.17) is 5.11 Å². The van der Waals surface area contributed by atoms with Crippen molar-refractivity contribution in [2.45, 2.75) is 20.3 Å². The van der Waals surface area contributed by atoms with Gasteiger partial charge >= 0.3 is 0 Å². The van der Waals surface area contributed by atoms with Gasteiger partial charge in [0, 0.05) is 30.8 Å². The second kappa shape index (κ2) is 6.28. The average molecular weight is 221 g/mol. The van der Waals surface area contributed by atoms with E-state index in [0.29, 0.717) is 13.0 Å². The van der Waals surface area contributed by atoms with Gasteiger partial charge in [-0.25, -0.2) is 0 Å². The molecule has 0 aromatic heterocycles. The van der Waals surface area contributed by atoms with Crippen molar-refractivity contribution in [1.29, 1.82) is 0 Å².